The average molecular weight is 222 g/mol. The summed E-state index contributed by atoms with van der Waals surface area (Å²) in [7, 11) is 0. The molecule has 0 fully saturated rings. The van der Waals surface area contributed by atoms with Gasteiger partial charge in [0.1, 0.15) is 11.9 Å². The lowest BCUT2D eigenvalue weighted by Crippen LogP contribution is -2.21. The highest BCUT2D eigenvalue weighted by molar-refractivity contribution is 5.77. The standard InChI is InChI=1S/C11H14N2O3/c1-7(4-11(12)13)16-8-2-3-9-10(5-8)15-6-14-9/h2-3,5,7H,4,6H2,1H3,(H3,12,13). The summed E-state index contributed by atoms with van der Waals surface area (Å²) < 4.78 is 16.0. The van der Waals surface area contributed by atoms with Crippen LogP contribution < -0.4 is 19.9 Å². The molecule has 0 saturated heterocycles. The summed E-state index contributed by atoms with van der Waals surface area (Å²) in [5.74, 6) is 2.23. The van der Waals surface area contributed by atoms with Gasteiger partial charge in [-0.1, -0.05) is 0 Å². The van der Waals surface area contributed by atoms with Crippen molar-refractivity contribution < 1.29 is 14.2 Å². The molecule has 1 aromatic carbocycles. The van der Waals surface area contributed by atoms with E-state index in [4.69, 9.17) is 25.4 Å². The lowest BCUT2D eigenvalue weighted by molar-refractivity contribution is 0.173. The maximum Gasteiger partial charge on any atom is 0.231 e. The van der Waals surface area contributed by atoms with Gasteiger partial charge in [-0.15, -0.1) is 0 Å². The van der Waals surface area contributed by atoms with E-state index in [9.17, 15) is 0 Å². The molecule has 0 spiro atoms. The van der Waals surface area contributed by atoms with Gasteiger partial charge in [-0.3, -0.25) is 5.41 Å². The molecular formula is C11H14N2O3. The van der Waals surface area contributed by atoms with Gasteiger partial charge in [-0.05, 0) is 19.1 Å². The lowest BCUT2D eigenvalue weighted by Gasteiger charge is -2.13. The first-order chi connectivity index (χ1) is 7.65. The molecule has 1 aliphatic rings. The molecule has 1 heterocycles. The van der Waals surface area contributed by atoms with E-state index in [2.05, 4.69) is 0 Å². The van der Waals surface area contributed by atoms with Crippen molar-refractivity contribution in [3.63, 3.8) is 0 Å². The quantitative estimate of drug-likeness (QED) is 0.598. The van der Waals surface area contributed by atoms with Crippen LogP contribution in [-0.2, 0) is 0 Å². The van der Waals surface area contributed by atoms with Crippen LogP contribution in [0.1, 0.15) is 13.3 Å². The van der Waals surface area contributed by atoms with Gasteiger partial charge < -0.3 is 19.9 Å². The second-order valence-electron chi connectivity index (χ2n) is 3.67. The fourth-order valence-electron chi connectivity index (χ4n) is 1.53. The molecule has 0 bridgehead atoms. The van der Waals surface area contributed by atoms with Gasteiger partial charge in [0.25, 0.3) is 0 Å². The van der Waals surface area contributed by atoms with Crippen molar-refractivity contribution in [1.29, 1.82) is 5.41 Å². The first-order valence-electron chi connectivity index (χ1n) is 5.04. The molecule has 1 atom stereocenters. The van der Waals surface area contributed by atoms with Gasteiger partial charge in [-0.2, -0.15) is 0 Å². The van der Waals surface area contributed by atoms with Crippen molar-refractivity contribution in [2.24, 2.45) is 5.73 Å². The molecule has 86 valence electrons. The monoisotopic (exact) mass is 222 g/mol. The Morgan fingerprint density at radius 3 is 3.00 bits per heavy atom. The number of fused-ring (bicyclic) bond motifs is 1. The van der Waals surface area contributed by atoms with Gasteiger partial charge in [0.2, 0.25) is 6.79 Å². The van der Waals surface area contributed by atoms with Crippen LogP contribution in [-0.4, -0.2) is 18.7 Å². The summed E-state index contributed by atoms with van der Waals surface area (Å²) in [6.07, 6.45) is 0.284. The van der Waals surface area contributed by atoms with Crippen LogP contribution in [0.5, 0.6) is 17.2 Å². The zero-order valence-electron chi connectivity index (χ0n) is 9.03. The second kappa shape index (κ2) is 4.30. The summed E-state index contributed by atoms with van der Waals surface area (Å²) in [6.45, 7) is 2.12. The lowest BCUT2D eigenvalue weighted by atomic mass is 10.2. The Labute approximate surface area is 93.6 Å². The molecule has 1 aromatic rings. The molecular weight excluding hydrogens is 208 g/mol. The zero-order chi connectivity index (χ0) is 11.5. The molecule has 5 nitrogen and oxygen atoms in total. The number of nitrogens with two attached hydrogens (primary N) is 1. The van der Waals surface area contributed by atoms with Crippen molar-refractivity contribution >= 4 is 5.84 Å². The van der Waals surface area contributed by atoms with Crippen molar-refractivity contribution in [2.75, 3.05) is 6.79 Å². The van der Waals surface area contributed by atoms with Crippen LogP contribution in [0, 0.1) is 5.41 Å². The molecule has 0 radical (unpaired) electrons. The van der Waals surface area contributed by atoms with Crippen LogP contribution in [0.3, 0.4) is 0 Å². The smallest absolute Gasteiger partial charge is 0.231 e. The predicted molar refractivity (Wildman–Crippen MR) is 59.2 cm³/mol. The predicted octanol–water partition coefficient (Wildman–Crippen LogP) is 1.51. The van der Waals surface area contributed by atoms with Crippen LogP contribution in [0.4, 0.5) is 0 Å². The summed E-state index contributed by atoms with van der Waals surface area (Å²) in [4.78, 5) is 0. The first kappa shape index (κ1) is 10.6. The number of hydrogen-bond acceptors (Lipinski definition) is 4. The van der Waals surface area contributed by atoms with E-state index in [1.807, 2.05) is 13.0 Å². The van der Waals surface area contributed by atoms with Gasteiger partial charge in [-0.25, -0.2) is 0 Å². The number of hydrogen-bond donors (Lipinski definition) is 2. The number of ether oxygens (including phenoxy) is 3. The maximum atomic E-state index is 7.17. The fourth-order valence-corrected chi connectivity index (χ4v) is 1.53. The third-order valence-electron chi connectivity index (χ3n) is 2.19. The summed E-state index contributed by atoms with van der Waals surface area (Å²) in [5, 5.41) is 7.17. The van der Waals surface area contributed by atoms with Gasteiger partial charge in [0, 0.05) is 12.5 Å². The van der Waals surface area contributed by atoms with E-state index in [1.54, 1.807) is 12.1 Å². The van der Waals surface area contributed by atoms with Crippen LogP contribution in [0.25, 0.3) is 0 Å². The van der Waals surface area contributed by atoms with Crippen molar-refractivity contribution in [3.8, 4) is 17.2 Å². The Morgan fingerprint density at radius 2 is 2.25 bits per heavy atom. The van der Waals surface area contributed by atoms with E-state index < -0.39 is 0 Å². The minimum Gasteiger partial charge on any atom is -0.490 e. The Kier molecular flexibility index (Phi) is 2.85. The van der Waals surface area contributed by atoms with E-state index in [0.29, 0.717) is 17.9 Å². The fraction of sp³-hybridized carbons (Fsp3) is 0.364. The molecule has 1 aliphatic heterocycles. The third-order valence-corrected chi connectivity index (χ3v) is 2.19. The Balaban J connectivity index is 2.02. The topological polar surface area (TPSA) is 77.6 Å². The first-order valence-corrected chi connectivity index (χ1v) is 5.04. The number of benzene rings is 1. The second-order valence-corrected chi connectivity index (χ2v) is 3.67. The number of nitrogens with one attached hydrogen (secondary N) is 1. The molecule has 0 aromatic heterocycles. The normalized spacial score (nSPS) is 14.6. The Hall–Kier alpha value is -1.91. The Bertz CT molecular complexity index is 406. The van der Waals surface area contributed by atoms with Crippen molar-refractivity contribution in [2.45, 2.75) is 19.4 Å². The summed E-state index contributed by atoms with van der Waals surface area (Å²) in [6, 6.07) is 5.39. The van der Waals surface area contributed by atoms with Crippen molar-refractivity contribution in [1.82, 2.24) is 0 Å². The molecule has 0 aliphatic carbocycles. The molecule has 0 saturated carbocycles. The summed E-state index contributed by atoms with van der Waals surface area (Å²) >= 11 is 0. The SMILES string of the molecule is CC(CC(=N)N)Oc1ccc2c(c1)OCO2. The molecule has 5 heteroatoms. The minimum atomic E-state index is -0.127. The average Bonchev–Trinajstić information content (AvgIpc) is 2.63. The number of rotatable bonds is 4. The van der Waals surface area contributed by atoms with E-state index in [0.717, 1.165) is 5.75 Å². The molecule has 16 heavy (non-hydrogen) atoms. The van der Waals surface area contributed by atoms with Crippen LogP contribution in [0.2, 0.25) is 0 Å². The molecule has 3 N–H and O–H groups in total. The molecule has 0 amide bonds. The zero-order valence-corrected chi connectivity index (χ0v) is 9.03. The van der Waals surface area contributed by atoms with E-state index >= 15 is 0 Å². The maximum absolute atomic E-state index is 7.17. The van der Waals surface area contributed by atoms with Crippen LogP contribution in [0.15, 0.2) is 18.2 Å². The highest BCUT2D eigenvalue weighted by Gasteiger charge is 2.14. The third kappa shape index (κ3) is 2.36. The van der Waals surface area contributed by atoms with E-state index in [-0.39, 0.29) is 18.7 Å². The van der Waals surface area contributed by atoms with Gasteiger partial charge in [0.05, 0.1) is 5.84 Å². The Morgan fingerprint density at radius 1 is 1.50 bits per heavy atom. The van der Waals surface area contributed by atoms with Gasteiger partial charge in [0.15, 0.2) is 11.5 Å². The van der Waals surface area contributed by atoms with E-state index in [1.165, 1.54) is 0 Å². The van der Waals surface area contributed by atoms with Gasteiger partial charge >= 0.3 is 0 Å². The van der Waals surface area contributed by atoms with Crippen molar-refractivity contribution in [3.05, 3.63) is 18.2 Å². The highest BCUT2D eigenvalue weighted by atomic mass is 16.7. The summed E-state index contributed by atoms with van der Waals surface area (Å²) in [5.41, 5.74) is 5.30. The minimum absolute atomic E-state index is 0.119. The van der Waals surface area contributed by atoms with Crippen LogP contribution >= 0.6 is 0 Å². The molecule has 1 unspecified atom stereocenters. The number of amidine groups is 1. The molecule has 2 rings (SSSR count). The highest BCUT2D eigenvalue weighted by Crippen LogP contribution is 2.35. The largest absolute Gasteiger partial charge is 0.490 e.